The average molecular weight is 192 g/mol. The summed E-state index contributed by atoms with van der Waals surface area (Å²) in [5, 5.41) is 14.0. The highest BCUT2D eigenvalue weighted by Crippen LogP contribution is 2.17. The van der Waals surface area contributed by atoms with Gasteiger partial charge in [0.2, 0.25) is 0 Å². The van der Waals surface area contributed by atoms with Gasteiger partial charge in [0.1, 0.15) is 0 Å². The highest BCUT2D eigenvalue weighted by Gasteiger charge is 2.17. The lowest BCUT2D eigenvalue weighted by molar-refractivity contribution is 0.0915. The number of nitrogens with one attached hydrogen (secondary N) is 1. The van der Waals surface area contributed by atoms with E-state index in [1.165, 1.54) is 12.1 Å². The fraction of sp³-hybridized carbons (Fsp3) is 0.364. The molecule has 1 rings (SSSR count). The minimum Gasteiger partial charge on any atom is -0.347 e. The number of hydrogen-bond donors (Lipinski definition) is 1. The van der Waals surface area contributed by atoms with Crippen molar-refractivity contribution in [2.24, 2.45) is 0 Å². The third-order valence-corrected chi connectivity index (χ3v) is 1.62. The molecule has 0 aliphatic rings. The van der Waals surface area contributed by atoms with E-state index >= 15 is 0 Å². The van der Waals surface area contributed by atoms with Crippen LogP contribution in [0.5, 0.6) is 5.75 Å². The van der Waals surface area contributed by atoms with Crippen LogP contribution in [0.2, 0.25) is 0 Å². The maximum Gasteiger partial charge on any atom is 0.255 e. The molecule has 75 valence electrons. The van der Waals surface area contributed by atoms with E-state index in [2.05, 4.69) is 5.32 Å². The lowest BCUT2D eigenvalue weighted by atomic mass is 10.1. The molecule has 0 aliphatic heterocycles. The first-order valence-electron chi connectivity index (χ1n) is 4.49. The number of carbonyl (C=O) groups is 1. The van der Waals surface area contributed by atoms with Crippen molar-refractivity contribution in [2.75, 3.05) is 0 Å². The fourth-order valence-electron chi connectivity index (χ4n) is 1.06. The first kappa shape index (κ1) is 10.6. The Morgan fingerprint density at radius 1 is 1.21 bits per heavy atom. The number of benzene rings is 1. The number of amides is 1. The van der Waals surface area contributed by atoms with Crippen molar-refractivity contribution in [3.8, 4) is 5.75 Å². The molecule has 1 amide bonds. The van der Waals surface area contributed by atoms with E-state index in [1.54, 1.807) is 12.1 Å². The highest BCUT2D eigenvalue weighted by atomic mass is 16.3. The van der Waals surface area contributed by atoms with Gasteiger partial charge in [0.15, 0.2) is 5.75 Å². The van der Waals surface area contributed by atoms with Crippen molar-refractivity contribution in [2.45, 2.75) is 26.3 Å². The molecule has 1 N–H and O–H groups in total. The summed E-state index contributed by atoms with van der Waals surface area (Å²) < 4.78 is 0. The van der Waals surface area contributed by atoms with Crippen molar-refractivity contribution in [3.63, 3.8) is 0 Å². The zero-order valence-corrected chi connectivity index (χ0v) is 8.63. The molecule has 0 fully saturated rings. The Kier molecular flexibility index (Phi) is 2.79. The lowest BCUT2D eigenvalue weighted by Gasteiger charge is -2.20. The Morgan fingerprint density at radius 2 is 1.79 bits per heavy atom. The monoisotopic (exact) mass is 192 g/mol. The molecule has 0 heterocycles. The molecular weight excluding hydrogens is 178 g/mol. The SMILES string of the molecule is CC(C)(C)NC(=O)c1ccccc1[O]. The molecule has 0 bridgehead atoms. The second-order valence-corrected chi connectivity index (χ2v) is 4.20. The topological polar surface area (TPSA) is 49.0 Å². The Hall–Kier alpha value is -1.51. The molecule has 3 heteroatoms. The fourth-order valence-corrected chi connectivity index (χ4v) is 1.06. The Labute approximate surface area is 83.8 Å². The van der Waals surface area contributed by atoms with Crippen molar-refractivity contribution in [3.05, 3.63) is 29.8 Å². The number of rotatable bonds is 1. The van der Waals surface area contributed by atoms with E-state index in [-0.39, 0.29) is 22.8 Å². The third kappa shape index (κ3) is 2.76. The van der Waals surface area contributed by atoms with Gasteiger partial charge >= 0.3 is 0 Å². The van der Waals surface area contributed by atoms with Gasteiger partial charge in [-0.25, -0.2) is 0 Å². The molecule has 0 saturated carbocycles. The first-order chi connectivity index (χ1) is 6.40. The van der Waals surface area contributed by atoms with Gasteiger partial charge in [-0.1, -0.05) is 12.1 Å². The van der Waals surface area contributed by atoms with Gasteiger partial charge < -0.3 is 5.32 Å². The summed E-state index contributed by atoms with van der Waals surface area (Å²) in [6, 6.07) is 6.22. The van der Waals surface area contributed by atoms with E-state index in [1.807, 2.05) is 20.8 Å². The molecule has 1 radical (unpaired) electrons. The highest BCUT2D eigenvalue weighted by molar-refractivity contribution is 5.97. The summed E-state index contributed by atoms with van der Waals surface area (Å²) in [5.74, 6) is -0.558. The van der Waals surface area contributed by atoms with Crippen LogP contribution in [-0.2, 0) is 5.11 Å². The Morgan fingerprint density at radius 3 is 2.29 bits per heavy atom. The Bertz CT molecular complexity index is 339. The van der Waals surface area contributed by atoms with Crippen LogP contribution < -0.4 is 5.32 Å². The van der Waals surface area contributed by atoms with Crippen LogP contribution in [0.3, 0.4) is 0 Å². The van der Waals surface area contributed by atoms with Crippen LogP contribution >= 0.6 is 0 Å². The average Bonchev–Trinajstić information content (AvgIpc) is 2.01. The second kappa shape index (κ2) is 3.70. The largest absolute Gasteiger partial charge is 0.347 e. The van der Waals surface area contributed by atoms with Crippen molar-refractivity contribution >= 4 is 5.91 Å². The van der Waals surface area contributed by atoms with Crippen LogP contribution in [0.4, 0.5) is 0 Å². The Balaban J connectivity index is 2.86. The van der Waals surface area contributed by atoms with E-state index < -0.39 is 0 Å². The minimum absolute atomic E-state index is 0.197. The van der Waals surface area contributed by atoms with Gasteiger partial charge in [-0.2, -0.15) is 0 Å². The standard InChI is InChI=1S/C11H14NO2/c1-11(2,3)12-10(14)8-6-4-5-7-9(8)13/h4-7H,1-3H3,(H,12,14). The molecule has 0 saturated heterocycles. The minimum atomic E-state index is -0.320. The molecule has 0 aliphatic carbocycles. The number of para-hydroxylation sites is 1. The predicted octanol–water partition coefficient (Wildman–Crippen LogP) is 2.36. The molecule has 0 aromatic heterocycles. The van der Waals surface area contributed by atoms with Gasteiger partial charge in [0.05, 0.1) is 5.56 Å². The molecule has 14 heavy (non-hydrogen) atoms. The van der Waals surface area contributed by atoms with Crippen molar-refractivity contribution in [1.82, 2.24) is 5.32 Å². The lowest BCUT2D eigenvalue weighted by Crippen LogP contribution is -2.40. The maximum absolute atomic E-state index is 11.6. The first-order valence-corrected chi connectivity index (χ1v) is 4.49. The van der Waals surface area contributed by atoms with Crippen LogP contribution in [0.25, 0.3) is 0 Å². The smallest absolute Gasteiger partial charge is 0.255 e. The summed E-state index contributed by atoms with van der Waals surface area (Å²) in [5.41, 5.74) is -0.123. The van der Waals surface area contributed by atoms with Crippen LogP contribution in [0.1, 0.15) is 31.1 Å². The summed E-state index contributed by atoms with van der Waals surface area (Å²) in [6.45, 7) is 5.62. The molecule has 0 unspecified atom stereocenters. The second-order valence-electron chi connectivity index (χ2n) is 4.20. The van der Waals surface area contributed by atoms with E-state index in [9.17, 15) is 9.90 Å². The molecule has 0 atom stereocenters. The van der Waals surface area contributed by atoms with Crippen molar-refractivity contribution < 1.29 is 9.90 Å². The molecule has 1 aromatic carbocycles. The van der Waals surface area contributed by atoms with Gasteiger partial charge in [-0.15, -0.1) is 0 Å². The summed E-state index contributed by atoms with van der Waals surface area (Å²) in [4.78, 5) is 11.6. The third-order valence-electron chi connectivity index (χ3n) is 1.62. The summed E-state index contributed by atoms with van der Waals surface area (Å²) in [6.07, 6.45) is 0. The predicted molar refractivity (Wildman–Crippen MR) is 53.8 cm³/mol. The molecule has 0 spiro atoms. The number of carbonyl (C=O) groups excluding carboxylic acids is 1. The van der Waals surface area contributed by atoms with Crippen LogP contribution in [0, 0.1) is 0 Å². The maximum atomic E-state index is 11.6. The van der Waals surface area contributed by atoms with E-state index in [0.29, 0.717) is 0 Å². The number of hydrogen-bond acceptors (Lipinski definition) is 1. The quantitative estimate of drug-likeness (QED) is 0.729. The summed E-state index contributed by atoms with van der Waals surface area (Å²) >= 11 is 0. The summed E-state index contributed by atoms with van der Waals surface area (Å²) in [7, 11) is 0. The van der Waals surface area contributed by atoms with E-state index in [4.69, 9.17) is 0 Å². The molecule has 3 nitrogen and oxygen atoms in total. The van der Waals surface area contributed by atoms with Gasteiger partial charge in [0.25, 0.3) is 5.91 Å². The normalized spacial score (nSPS) is 11.1. The van der Waals surface area contributed by atoms with E-state index in [0.717, 1.165) is 0 Å². The zero-order chi connectivity index (χ0) is 10.8. The van der Waals surface area contributed by atoms with Crippen LogP contribution in [0.15, 0.2) is 24.3 Å². The van der Waals surface area contributed by atoms with Gasteiger partial charge in [0, 0.05) is 5.54 Å². The van der Waals surface area contributed by atoms with Gasteiger partial charge in [-0.05, 0) is 32.9 Å². The molecule has 1 aromatic rings. The van der Waals surface area contributed by atoms with Crippen molar-refractivity contribution in [1.29, 1.82) is 0 Å². The van der Waals surface area contributed by atoms with Gasteiger partial charge in [-0.3, -0.25) is 9.90 Å². The van der Waals surface area contributed by atoms with Crippen LogP contribution in [-0.4, -0.2) is 11.4 Å². The zero-order valence-electron chi connectivity index (χ0n) is 8.63. The molecular formula is C11H14NO2.